The maximum atomic E-state index is 12.2. The molecule has 28 heavy (non-hydrogen) atoms. The van der Waals surface area contributed by atoms with Crippen LogP contribution in [-0.2, 0) is 0 Å². The zero-order valence-corrected chi connectivity index (χ0v) is 16.4. The van der Waals surface area contributed by atoms with Crippen molar-refractivity contribution < 1.29 is 22.7 Å². The fraction of sp³-hybridized carbons (Fsp3) is 0.632. The summed E-state index contributed by atoms with van der Waals surface area (Å²) in [5.74, 6) is 0.821. The number of ether oxygens (including phenoxy) is 1. The molecule has 0 aliphatic carbocycles. The Morgan fingerprint density at radius 2 is 1.89 bits per heavy atom. The van der Waals surface area contributed by atoms with Gasteiger partial charge in [0.1, 0.15) is 5.75 Å². The smallest absolute Gasteiger partial charge is 0.401 e. The zero-order valence-electron chi connectivity index (χ0n) is 16.4. The largest absolute Gasteiger partial charge is 0.497 e. The first-order chi connectivity index (χ1) is 13.3. The number of alkyl halides is 3. The predicted octanol–water partition coefficient (Wildman–Crippen LogP) is 2.85. The molecule has 1 heterocycles. The summed E-state index contributed by atoms with van der Waals surface area (Å²) in [5, 5.41) is 5.66. The van der Waals surface area contributed by atoms with Crippen molar-refractivity contribution in [3.05, 3.63) is 24.3 Å². The summed E-state index contributed by atoms with van der Waals surface area (Å²) in [5.41, 5.74) is 1.13. The highest BCUT2D eigenvalue weighted by Crippen LogP contribution is 2.22. The Bertz CT molecular complexity index is 602. The monoisotopic (exact) mass is 402 g/mol. The van der Waals surface area contributed by atoms with Crippen molar-refractivity contribution in [3.8, 4) is 5.75 Å². The Labute approximate surface area is 164 Å². The number of methoxy groups -OCH3 is 1. The number of hydrogen-bond acceptors (Lipinski definition) is 4. The third kappa shape index (κ3) is 7.84. The van der Waals surface area contributed by atoms with Gasteiger partial charge in [-0.05, 0) is 57.1 Å². The summed E-state index contributed by atoms with van der Waals surface area (Å²) in [6.45, 7) is 1.38. The molecule has 1 saturated heterocycles. The molecule has 9 heteroatoms. The van der Waals surface area contributed by atoms with Crippen LogP contribution in [0.4, 0.5) is 23.7 Å². The molecule has 0 spiro atoms. The average molecular weight is 402 g/mol. The second kappa shape index (κ2) is 10.4. The summed E-state index contributed by atoms with van der Waals surface area (Å²) in [4.78, 5) is 15.4. The van der Waals surface area contributed by atoms with Gasteiger partial charge in [-0.15, -0.1) is 0 Å². The molecule has 1 aliphatic rings. The Morgan fingerprint density at radius 1 is 1.25 bits per heavy atom. The van der Waals surface area contributed by atoms with Crippen molar-refractivity contribution in [2.75, 3.05) is 51.8 Å². The Hall–Kier alpha value is -2.16. The number of amides is 2. The highest BCUT2D eigenvalue weighted by molar-refractivity contribution is 5.74. The maximum Gasteiger partial charge on any atom is 0.401 e. The standard InChI is InChI=1S/C19H29F3N4O2/c1-25(14-19(20,21)22)11-3-10-23-18(27)24-15-8-12-26(13-9-15)16-4-6-17(28-2)7-5-16/h4-7,15H,3,8-14H2,1-2H3,(H2,23,24,27). The normalized spacial score (nSPS) is 15.6. The van der Waals surface area contributed by atoms with Crippen LogP contribution >= 0.6 is 0 Å². The van der Waals surface area contributed by atoms with E-state index in [2.05, 4.69) is 15.5 Å². The molecule has 0 radical (unpaired) electrons. The van der Waals surface area contributed by atoms with E-state index in [1.165, 1.54) is 11.9 Å². The van der Waals surface area contributed by atoms with Crippen LogP contribution in [-0.4, -0.2) is 70.0 Å². The van der Waals surface area contributed by atoms with Crippen molar-refractivity contribution in [1.29, 1.82) is 0 Å². The van der Waals surface area contributed by atoms with E-state index in [4.69, 9.17) is 4.74 Å². The molecule has 0 aromatic heterocycles. The van der Waals surface area contributed by atoms with Gasteiger partial charge in [-0.3, -0.25) is 4.90 Å². The second-order valence-corrected chi connectivity index (χ2v) is 7.07. The molecule has 1 aliphatic heterocycles. The Morgan fingerprint density at radius 3 is 2.46 bits per heavy atom. The van der Waals surface area contributed by atoms with E-state index in [0.29, 0.717) is 13.0 Å². The lowest BCUT2D eigenvalue weighted by atomic mass is 10.0. The van der Waals surface area contributed by atoms with E-state index in [1.807, 2.05) is 24.3 Å². The van der Waals surface area contributed by atoms with Crippen LogP contribution in [0.15, 0.2) is 24.3 Å². The van der Waals surface area contributed by atoms with Crippen molar-refractivity contribution in [2.24, 2.45) is 0 Å². The van der Waals surface area contributed by atoms with Gasteiger partial charge in [0, 0.05) is 31.4 Å². The van der Waals surface area contributed by atoms with Crippen LogP contribution in [0, 0.1) is 0 Å². The first-order valence-corrected chi connectivity index (χ1v) is 9.45. The first-order valence-electron chi connectivity index (χ1n) is 9.45. The number of nitrogens with zero attached hydrogens (tertiary/aromatic N) is 2. The van der Waals surface area contributed by atoms with E-state index >= 15 is 0 Å². The number of carbonyl (C=O) groups is 1. The van der Waals surface area contributed by atoms with Gasteiger partial charge in [0.2, 0.25) is 0 Å². The number of halogens is 3. The molecule has 0 bridgehead atoms. The minimum absolute atomic E-state index is 0.0994. The molecule has 1 aromatic carbocycles. The lowest BCUT2D eigenvalue weighted by Crippen LogP contribution is -2.48. The lowest BCUT2D eigenvalue weighted by molar-refractivity contribution is -0.143. The van der Waals surface area contributed by atoms with Gasteiger partial charge in [-0.2, -0.15) is 13.2 Å². The number of hydrogen-bond donors (Lipinski definition) is 2. The second-order valence-electron chi connectivity index (χ2n) is 7.07. The van der Waals surface area contributed by atoms with Crippen molar-refractivity contribution in [2.45, 2.75) is 31.5 Å². The maximum absolute atomic E-state index is 12.2. The molecule has 2 rings (SSSR count). The van der Waals surface area contributed by atoms with Crippen LogP contribution < -0.4 is 20.3 Å². The van der Waals surface area contributed by atoms with Crippen molar-refractivity contribution in [1.82, 2.24) is 15.5 Å². The van der Waals surface area contributed by atoms with E-state index in [9.17, 15) is 18.0 Å². The molecule has 0 atom stereocenters. The molecule has 0 unspecified atom stereocenters. The van der Waals surface area contributed by atoms with E-state index < -0.39 is 12.7 Å². The Balaban J connectivity index is 1.61. The van der Waals surface area contributed by atoms with Gasteiger partial charge >= 0.3 is 12.2 Å². The molecule has 158 valence electrons. The number of carbonyl (C=O) groups excluding carboxylic acids is 1. The third-order valence-corrected chi connectivity index (χ3v) is 4.72. The minimum atomic E-state index is -4.19. The van der Waals surface area contributed by atoms with E-state index in [-0.39, 0.29) is 18.6 Å². The number of rotatable bonds is 8. The molecule has 1 aromatic rings. The van der Waals surface area contributed by atoms with Crippen LogP contribution in [0.1, 0.15) is 19.3 Å². The molecular weight excluding hydrogens is 373 g/mol. The fourth-order valence-electron chi connectivity index (χ4n) is 3.25. The lowest BCUT2D eigenvalue weighted by Gasteiger charge is -2.34. The third-order valence-electron chi connectivity index (χ3n) is 4.72. The molecule has 2 N–H and O–H groups in total. The van der Waals surface area contributed by atoms with Gasteiger partial charge in [0.15, 0.2) is 0 Å². The SMILES string of the molecule is COc1ccc(N2CCC(NC(=O)NCCCN(C)CC(F)(F)F)CC2)cc1. The number of piperidine rings is 1. The topological polar surface area (TPSA) is 56.8 Å². The number of benzene rings is 1. The number of anilines is 1. The van der Waals surface area contributed by atoms with Gasteiger partial charge < -0.3 is 20.3 Å². The van der Waals surface area contributed by atoms with Crippen LogP contribution in [0.3, 0.4) is 0 Å². The van der Waals surface area contributed by atoms with E-state index in [0.717, 1.165) is 37.4 Å². The Kier molecular flexibility index (Phi) is 8.22. The summed E-state index contributed by atoms with van der Waals surface area (Å²) in [7, 11) is 3.06. The van der Waals surface area contributed by atoms with Gasteiger partial charge in [-0.25, -0.2) is 4.79 Å². The zero-order chi connectivity index (χ0) is 20.6. The molecule has 1 fully saturated rings. The molecular formula is C19H29F3N4O2. The average Bonchev–Trinajstić information content (AvgIpc) is 2.64. The molecule has 2 amide bonds. The van der Waals surface area contributed by atoms with E-state index in [1.54, 1.807) is 7.11 Å². The summed E-state index contributed by atoms with van der Waals surface area (Å²) in [6.07, 6.45) is -2.04. The number of nitrogens with one attached hydrogen (secondary N) is 2. The minimum Gasteiger partial charge on any atom is -0.497 e. The van der Waals surface area contributed by atoms with Crippen LogP contribution in [0.25, 0.3) is 0 Å². The first kappa shape index (κ1) is 22.1. The van der Waals surface area contributed by atoms with Crippen molar-refractivity contribution in [3.63, 3.8) is 0 Å². The van der Waals surface area contributed by atoms with Crippen LogP contribution in [0.5, 0.6) is 5.75 Å². The van der Waals surface area contributed by atoms with Gasteiger partial charge in [0.05, 0.1) is 13.7 Å². The highest BCUT2D eigenvalue weighted by atomic mass is 19.4. The van der Waals surface area contributed by atoms with Gasteiger partial charge in [0.25, 0.3) is 0 Å². The quantitative estimate of drug-likeness (QED) is 0.657. The highest BCUT2D eigenvalue weighted by Gasteiger charge is 2.28. The molecule has 6 nitrogen and oxygen atoms in total. The van der Waals surface area contributed by atoms with Gasteiger partial charge in [-0.1, -0.05) is 0 Å². The summed E-state index contributed by atoms with van der Waals surface area (Å²) < 4.78 is 41.9. The van der Waals surface area contributed by atoms with Crippen molar-refractivity contribution >= 4 is 11.7 Å². The number of urea groups is 1. The summed E-state index contributed by atoms with van der Waals surface area (Å²) in [6, 6.07) is 7.74. The summed E-state index contributed by atoms with van der Waals surface area (Å²) >= 11 is 0. The predicted molar refractivity (Wildman–Crippen MR) is 103 cm³/mol. The van der Waals surface area contributed by atoms with Crippen LogP contribution in [0.2, 0.25) is 0 Å². The fourth-order valence-corrected chi connectivity index (χ4v) is 3.25. The molecule has 0 saturated carbocycles.